The fraction of sp³-hybridized carbons (Fsp3) is 0.440. The van der Waals surface area contributed by atoms with Crippen molar-refractivity contribution >= 4 is 22.4 Å². The van der Waals surface area contributed by atoms with Gasteiger partial charge < -0.3 is 19.7 Å². The highest BCUT2D eigenvalue weighted by molar-refractivity contribution is 5.89. The van der Waals surface area contributed by atoms with E-state index in [-0.39, 0.29) is 17.4 Å². The van der Waals surface area contributed by atoms with Crippen LogP contribution in [0.3, 0.4) is 0 Å². The molecule has 1 fully saturated rings. The average Bonchev–Trinajstić information content (AvgIpc) is 3.30. The molecule has 0 atom stereocenters. The van der Waals surface area contributed by atoms with Crippen LogP contribution in [-0.4, -0.2) is 41.8 Å². The number of nitro groups is 1. The van der Waals surface area contributed by atoms with Crippen molar-refractivity contribution in [3.05, 3.63) is 57.9 Å². The summed E-state index contributed by atoms with van der Waals surface area (Å²) in [7, 11) is 4.03. The van der Waals surface area contributed by atoms with Crippen molar-refractivity contribution in [2.45, 2.75) is 44.7 Å². The fourth-order valence-electron chi connectivity index (χ4n) is 4.91. The first-order chi connectivity index (χ1) is 16.5. The number of nitrogens with zero attached hydrogens (tertiary/aromatic N) is 4. The van der Waals surface area contributed by atoms with Crippen LogP contribution in [0.4, 0.5) is 11.5 Å². The van der Waals surface area contributed by atoms with E-state index < -0.39 is 0 Å². The van der Waals surface area contributed by atoms with Crippen molar-refractivity contribution in [3.63, 3.8) is 0 Å². The number of nitro benzene ring substituents is 1. The number of para-hydroxylation sites is 1. The van der Waals surface area contributed by atoms with Gasteiger partial charge in [-0.2, -0.15) is 0 Å². The standard InChI is InChI=1S/C25H29N5O4/c1-29(2)25-19-5-3-4-6-20(19)27-24(28-25)11-16-7-9-18(10-8-16)26-14-17-12-22-23(34-15-33-22)13-21(17)30(31)32/h3-6,12-13,16,18,26H,7-11,14-15H2,1-2H3/t16-,18+. The van der Waals surface area contributed by atoms with E-state index in [1.807, 2.05) is 37.2 Å². The van der Waals surface area contributed by atoms with Gasteiger partial charge >= 0.3 is 0 Å². The third-order valence-corrected chi connectivity index (χ3v) is 6.72. The molecule has 1 aromatic heterocycles. The number of aromatic nitrogens is 2. The van der Waals surface area contributed by atoms with Gasteiger partial charge in [0.25, 0.3) is 5.69 Å². The normalized spacial score (nSPS) is 19.4. The largest absolute Gasteiger partial charge is 0.454 e. The Labute approximate surface area is 198 Å². The van der Waals surface area contributed by atoms with E-state index in [1.165, 1.54) is 6.07 Å². The summed E-state index contributed by atoms with van der Waals surface area (Å²) in [6.07, 6.45) is 5.07. The van der Waals surface area contributed by atoms with Gasteiger partial charge in [-0.05, 0) is 49.8 Å². The maximum Gasteiger partial charge on any atom is 0.277 e. The Morgan fingerprint density at radius 1 is 1.09 bits per heavy atom. The van der Waals surface area contributed by atoms with E-state index in [2.05, 4.69) is 11.4 Å². The highest BCUT2D eigenvalue weighted by atomic mass is 16.7. The number of rotatable bonds is 7. The van der Waals surface area contributed by atoms with Gasteiger partial charge in [0.05, 0.1) is 16.5 Å². The molecule has 3 aromatic rings. The number of benzene rings is 2. The number of fused-ring (bicyclic) bond motifs is 2. The molecular weight excluding hydrogens is 434 g/mol. The van der Waals surface area contributed by atoms with Gasteiger partial charge in [0.15, 0.2) is 11.5 Å². The minimum Gasteiger partial charge on any atom is -0.454 e. The lowest BCUT2D eigenvalue weighted by atomic mass is 9.84. The Hall–Kier alpha value is -3.46. The Morgan fingerprint density at radius 3 is 2.56 bits per heavy atom. The van der Waals surface area contributed by atoms with Gasteiger partial charge in [0.1, 0.15) is 11.6 Å². The summed E-state index contributed by atoms with van der Waals surface area (Å²) < 4.78 is 10.7. The molecule has 0 saturated heterocycles. The van der Waals surface area contributed by atoms with E-state index in [9.17, 15) is 10.1 Å². The summed E-state index contributed by atoms with van der Waals surface area (Å²) >= 11 is 0. The number of hydrogen-bond acceptors (Lipinski definition) is 8. The van der Waals surface area contributed by atoms with Gasteiger partial charge in [0, 0.05) is 44.1 Å². The molecule has 0 bridgehead atoms. The van der Waals surface area contributed by atoms with Gasteiger partial charge in [-0.25, -0.2) is 9.97 Å². The third-order valence-electron chi connectivity index (χ3n) is 6.72. The third kappa shape index (κ3) is 4.61. The van der Waals surface area contributed by atoms with Gasteiger partial charge in [-0.1, -0.05) is 12.1 Å². The maximum atomic E-state index is 11.5. The van der Waals surface area contributed by atoms with Crippen LogP contribution in [0, 0.1) is 16.0 Å². The first kappa shape index (κ1) is 22.3. The highest BCUT2D eigenvalue weighted by Crippen LogP contribution is 2.38. The van der Waals surface area contributed by atoms with Crippen molar-refractivity contribution < 1.29 is 14.4 Å². The first-order valence-electron chi connectivity index (χ1n) is 11.7. The topological polar surface area (TPSA) is 103 Å². The summed E-state index contributed by atoms with van der Waals surface area (Å²) in [6, 6.07) is 11.7. The Morgan fingerprint density at radius 2 is 1.82 bits per heavy atom. The second-order valence-electron chi connectivity index (χ2n) is 9.27. The van der Waals surface area contributed by atoms with Crippen LogP contribution >= 0.6 is 0 Å². The van der Waals surface area contributed by atoms with Gasteiger partial charge in [-0.3, -0.25) is 10.1 Å². The van der Waals surface area contributed by atoms with Crippen molar-refractivity contribution in [2.24, 2.45) is 5.92 Å². The Kier molecular flexibility index (Phi) is 6.19. The monoisotopic (exact) mass is 463 g/mol. The number of hydrogen-bond donors (Lipinski definition) is 1. The van der Waals surface area contributed by atoms with E-state index in [0.29, 0.717) is 35.6 Å². The molecule has 9 heteroatoms. The summed E-state index contributed by atoms with van der Waals surface area (Å²) in [5, 5.41) is 16.1. The second-order valence-corrected chi connectivity index (χ2v) is 9.27. The molecule has 2 heterocycles. The summed E-state index contributed by atoms with van der Waals surface area (Å²) in [5.41, 5.74) is 1.67. The Bertz CT molecular complexity index is 1210. The molecule has 0 spiro atoms. The summed E-state index contributed by atoms with van der Waals surface area (Å²) in [5.74, 6) is 3.40. The molecule has 0 amide bonds. The molecule has 178 valence electrons. The molecule has 9 nitrogen and oxygen atoms in total. The van der Waals surface area contributed by atoms with Crippen LogP contribution in [0.15, 0.2) is 36.4 Å². The molecule has 0 unspecified atom stereocenters. The number of nitrogens with one attached hydrogen (secondary N) is 1. The molecule has 2 aliphatic rings. The van der Waals surface area contributed by atoms with E-state index in [1.54, 1.807) is 6.07 Å². The molecule has 34 heavy (non-hydrogen) atoms. The smallest absolute Gasteiger partial charge is 0.277 e. The predicted octanol–water partition coefficient (Wildman–Crippen LogP) is 4.22. The van der Waals surface area contributed by atoms with Crippen molar-refractivity contribution in [1.29, 1.82) is 0 Å². The maximum absolute atomic E-state index is 11.5. The summed E-state index contributed by atoms with van der Waals surface area (Å²) in [4.78, 5) is 22.9. The zero-order chi connectivity index (χ0) is 23.7. The Balaban J connectivity index is 1.20. The fourth-order valence-corrected chi connectivity index (χ4v) is 4.91. The highest BCUT2D eigenvalue weighted by Gasteiger charge is 2.26. The zero-order valence-corrected chi connectivity index (χ0v) is 19.5. The second kappa shape index (κ2) is 9.42. The first-order valence-corrected chi connectivity index (χ1v) is 11.7. The average molecular weight is 464 g/mol. The lowest BCUT2D eigenvalue weighted by Gasteiger charge is -2.29. The quantitative estimate of drug-likeness (QED) is 0.410. The van der Waals surface area contributed by atoms with Crippen LogP contribution in [0.1, 0.15) is 37.1 Å². The van der Waals surface area contributed by atoms with Crippen LogP contribution < -0.4 is 19.7 Å². The molecule has 1 N–H and O–H groups in total. The van der Waals surface area contributed by atoms with Gasteiger partial charge in [-0.15, -0.1) is 0 Å². The van der Waals surface area contributed by atoms with E-state index in [0.717, 1.165) is 54.6 Å². The minimum absolute atomic E-state index is 0.0654. The van der Waals surface area contributed by atoms with Crippen LogP contribution in [0.5, 0.6) is 11.5 Å². The lowest BCUT2D eigenvalue weighted by molar-refractivity contribution is -0.385. The minimum atomic E-state index is -0.360. The molecule has 1 aliphatic heterocycles. The van der Waals surface area contributed by atoms with Crippen molar-refractivity contribution in [2.75, 3.05) is 25.8 Å². The number of anilines is 1. The zero-order valence-electron chi connectivity index (χ0n) is 19.5. The van der Waals surface area contributed by atoms with Crippen LogP contribution in [0.2, 0.25) is 0 Å². The number of ether oxygens (including phenoxy) is 2. The summed E-state index contributed by atoms with van der Waals surface area (Å²) in [6.45, 7) is 0.534. The molecule has 2 aromatic carbocycles. The van der Waals surface area contributed by atoms with E-state index in [4.69, 9.17) is 19.4 Å². The molecule has 1 saturated carbocycles. The van der Waals surface area contributed by atoms with E-state index >= 15 is 0 Å². The lowest BCUT2D eigenvalue weighted by Crippen LogP contribution is -2.33. The SMILES string of the molecule is CN(C)c1nc(C[C@H]2CC[C@@H](NCc3cc4c(cc3[N+](=O)[O-])OCO4)CC2)nc2ccccc12. The molecule has 0 radical (unpaired) electrons. The van der Waals surface area contributed by atoms with Crippen molar-refractivity contribution in [3.8, 4) is 11.5 Å². The molecule has 1 aliphatic carbocycles. The molecular formula is C25H29N5O4. The van der Waals surface area contributed by atoms with Crippen LogP contribution in [-0.2, 0) is 13.0 Å². The van der Waals surface area contributed by atoms with Crippen molar-refractivity contribution in [1.82, 2.24) is 15.3 Å². The van der Waals surface area contributed by atoms with Crippen LogP contribution in [0.25, 0.3) is 10.9 Å². The predicted molar refractivity (Wildman–Crippen MR) is 129 cm³/mol. The molecule has 5 rings (SSSR count). The van der Waals surface area contributed by atoms with Gasteiger partial charge in [0.2, 0.25) is 6.79 Å².